The molecule has 0 aromatic heterocycles. The summed E-state index contributed by atoms with van der Waals surface area (Å²) in [6, 6.07) is 1.81. The van der Waals surface area contributed by atoms with Crippen molar-refractivity contribution in [2.75, 3.05) is 6.61 Å². The van der Waals surface area contributed by atoms with Gasteiger partial charge < -0.3 is 15.5 Å². The summed E-state index contributed by atoms with van der Waals surface area (Å²) in [5.74, 6) is -2.80. The van der Waals surface area contributed by atoms with Crippen molar-refractivity contribution in [3.63, 3.8) is 0 Å². The molecule has 1 aromatic carbocycles. The number of halogens is 2. The van der Waals surface area contributed by atoms with Crippen LogP contribution < -0.4 is 5.32 Å². The molecule has 17 heavy (non-hydrogen) atoms. The van der Waals surface area contributed by atoms with Crippen LogP contribution in [-0.4, -0.2) is 34.7 Å². The molecule has 7 heteroatoms. The highest BCUT2D eigenvalue weighted by Crippen LogP contribution is 2.15. The Labute approximate surface area is 101 Å². The third-order valence-corrected chi connectivity index (χ3v) is 2.26. The summed E-state index contributed by atoms with van der Waals surface area (Å²) in [6.07, 6.45) is 0. The van der Waals surface area contributed by atoms with Gasteiger partial charge in [0.2, 0.25) is 0 Å². The Bertz CT molecular complexity index is 452. The molecule has 3 N–H and O–H groups in total. The molecule has 0 spiro atoms. The maximum absolute atomic E-state index is 12.8. The predicted octanol–water partition coefficient (Wildman–Crippen LogP) is 0.654. The Morgan fingerprint density at radius 1 is 1.47 bits per heavy atom. The summed E-state index contributed by atoms with van der Waals surface area (Å²) in [7, 11) is 0. The van der Waals surface area contributed by atoms with Crippen LogP contribution in [0.5, 0.6) is 0 Å². The quantitative estimate of drug-likeness (QED) is 0.743. The average Bonchev–Trinajstić information content (AvgIpc) is 2.28. The first kappa shape index (κ1) is 13.4. The largest absolute Gasteiger partial charge is 0.480 e. The van der Waals surface area contributed by atoms with Gasteiger partial charge in [-0.2, -0.15) is 0 Å². The van der Waals surface area contributed by atoms with Crippen molar-refractivity contribution in [2.24, 2.45) is 0 Å². The van der Waals surface area contributed by atoms with Gasteiger partial charge in [-0.25, -0.2) is 9.18 Å². The highest BCUT2D eigenvalue weighted by Gasteiger charge is 2.19. The van der Waals surface area contributed by atoms with Crippen LogP contribution in [0.2, 0.25) is 5.02 Å². The number of carbonyl (C=O) groups is 2. The normalized spacial score (nSPS) is 11.9. The molecule has 0 heterocycles. The number of aliphatic hydroxyl groups is 1. The third kappa shape index (κ3) is 3.40. The Morgan fingerprint density at radius 2 is 2.12 bits per heavy atom. The van der Waals surface area contributed by atoms with Gasteiger partial charge >= 0.3 is 5.97 Å². The first-order chi connectivity index (χ1) is 7.95. The van der Waals surface area contributed by atoms with Crippen molar-refractivity contribution >= 4 is 23.5 Å². The number of carboxylic acids is 1. The molecule has 0 aliphatic carbocycles. The van der Waals surface area contributed by atoms with E-state index in [9.17, 15) is 14.0 Å². The molecule has 0 fully saturated rings. The summed E-state index contributed by atoms with van der Waals surface area (Å²) in [6.45, 7) is -0.740. The number of hydrogen-bond acceptors (Lipinski definition) is 3. The van der Waals surface area contributed by atoms with Crippen LogP contribution in [0.1, 0.15) is 10.4 Å². The van der Waals surface area contributed by atoms with E-state index in [-0.39, 0.29) is 10.6 Å². The van der Waals surface area contributed by atoms with E-state index >= 15 is 0 Å². The van der Waals surface area contributed by atoms with Crippen LogP contribution in [0.15, 0.2) is 18.2 Å². The summed E-state index contributed by atoms with van der Waals surface area (Å²) < 4.78 is 12.8. The molecule has 1 atom stereocenters. The highest BCUT2D eigenvalue weighted by molar-refractivity contribution is 6.31. The Balaban J connectivity index is 2.82. The van der Waals surface area contributed by atoms with E-state index in [2.05, 4.69) is 5.32 Å². The fraction of sp³-hybridized carbons (Fsp3) is 0.200. The molecule has 0 unspecified atom stereocenters. The lowest BCUT2D eigenvalue weighted by atomic mass is 10.2. The van der Waals surface area contributed by atoms with Crippen molar-refractivity contribution < 1.29 is 24.2 Å². The van der Waals surface area contributed by atoms with Crippen LogP contribution in [0.3, 0.4) is 0 Å². The zero-order chi connectivity index (χ0) is 13.0. The topological polar surface area (TPSA) is 86.6 Å². The zero-order valence-electron chi connectivity index (χ0n) is 8.48. The first-order valence-electron chi connectivity index (χ1n) is 4.55. The van der Waals surface area contributed by atoms with Gasteiger partial charge in [-0.1, -0.05) is 11.6 Å². The molecular weight excluding hydrogens is 253 g/mol. The SMILES string of the molecule is O=C(N[C@H](CO)C(=O)O)c1ccc(F)c(Cl)c1. The van der Waals surface area contributed by atoms with Crippen LogP contribution in [0.4, 0.5) is 4.39 Å². The monoisotopic (exact) mass is 261 g/mol. The minimum Gasteiger partial charge on any atom is -0.480 e. The lowest BCUT2D eigenvalue weighted by Gasteiger charge is -2.11. The molecule has 1 aromatic rings. The van der Waals surface area contributed by atoms with Crippen LogP contribution in [-0.2, 0) is 4.79 Å². The minimum absolute atomic E-state index is 0.0103. The summed E-state index contributed by atoms with van der Waals surface area (Å²) >= 11 is 5.47. The zero-order valence-corrected chi connectivity index (χ0v) is 9.24. The van der Waals surface area contributed by atoms with Gasteiger partial charge in [0.1, 0.15) is 5.82 Å². The van der Waals surface area contributed by atoms with Gasteiger partial charge in [0.15, 0.2) is 6.04 Å². The molecule has 0 aliphatic rings. The maximum Gasteiger partial charge on any atom is 0.328 e. The van der Waals surface area contributed by atoms with Crippen molar-refractivity contribution in [1.82, 2.24) is 5.32 Å². The number of nitrogens with one attached hydrogen (secondary N) is 1. The van der Waals surface area contributed by atoms with Crippen molar-refractivity contribution in [2.45, 2.75) is 6.04 Å². The second kappa shape index (κ2) is 5.60. The van der Waals surface area contributed by atoms with Gasteiger partial charge in [0, 0.05) is 5.56 Å². The van der Waals surface area contributed by atoms with E-state index in [0.29, 0.717) is 0 Å². The number of aliphatic hydroxyl groups excluding tert-OH is 1. The predicted molar refractivity (Wildman–Crippen MR) is 57.4 cm³/mol. The maximum atomic E-state index is 12.8. The Kier molecular flexibility index (Phi) is 4.42. The molecule has 0 radical (unpaired) electrons. The number of rotatable bonds is 4. The number of carboxylic acid groups (broad SMARTS) is 1. The molecule has 1 rings (SSSR count). The fourth-order valence-electron chi connectivity index (χ4n) is 1.06. The molecular formula is C10H9ClFNO4. The second-order valence-electron chi connectivity index (χ2n) is 3.18. The van der Waals surface area contributed by atoms with E-state index in [1.54, 1.807) is 0 Å². The number of amides is 1. The molecule has 0 bridgehead atoms. The van der Waals surface area contributed by atoms with Gasteiger partial charge in [-0.15, -0.1) is 0 Å². The average molecular weight is 262 g/mol. The third-order valence-electron chi connectivity index (χ3n) is 1.97. The van der Waals surface area contributed by atoms with Gasteiger partial charge in [-0.05, 0) is 18.2 Å². The van der Waals surface area contributed by atoms with Gasteiger partial charge in [0.25, 0.3) is 5.91 Å². The summed E-state index contributed by atoms with van der Waals surface area (Å²) in [4.78, 5) is 22.1. The molecule has 5 nitrogen and oxygen atoms in total. The first-order valence-corrected chi connectivity index (χ1v) is 4.93. The second-order valence-corrected chi connectivity index (χ2v) is 3.58. The summed E-state index contributed by atoms with van der Waals surface area (Å²) in [5.41, 5.74) is 0.0103. The molecule has 1 amide bonds. The lowest BCUT2D eigenvalue weighted by Crippen LogP contribution is -2.43. The fourth-order valence-corrected chi connectivity index (χ4v) is 1.24. The van der Waals surface area contributed by atoms with E-state index in [0.717, 1.165) is 18.2 Å². The number of benzene rings is 1. The van der Waals surface area contributed by atoms with E-state index in [1.807, 2.05) is 0 Å². The van der Waals surface area contributed by atoms with Gasteiger partial charge in [0.05, 0.1) is 11.6 Å². The smallest absolute Gasteiger partial charge is 0.328 e. The van der Waals surface area contributed by atoms with Crippen molar-refractivity contribution in [3.05, 3.63) is 34.6 Å². The highest BCUT2D eigenvalue weighted by atomic mass is 35.5. The lowest BCUT2D eigenvalue weighted by molar-refractivity contribution is -0.140. The van der Waals surface area contributed by atoms with E-state index in [4.69, 9.17) is 21.8 Å². The Hall–Kier alpha value is -1.66. The van der Waals surface area contributed by atoms with E-state index in [1.165, 1.54) is 0 Å². The van der Waals surface area contributed by atoms with Crippen LogP contribution >= 0.6 is 11.6 Å². The number of carbonyl (C=O) groups excluding carboxylic acids is 1. The Morgan fingerprint density at radius 3 is 2.59 bits per heavy atom. The molecule has 92 valence electrons. The minimum atomic E-state index is -1.41. The molecule has 0 saturated carbocycles. The molecule has 0 saturated heterocycles. The van der Waals surface area contributed by atoms with E-state index < -0.39 is 30.3 Å². The van der Waals surface area contributed by atoms with Crippen LogP contribution in [0.25, 0.3) is 0 Å². The van der Waals surface area contributed by atoms with Crippen molar-refractivity contribution in [3.8, 4) is 0 Å². The number of aliphatic carboxylic acids is 1. The van der Waals surface area contributed by atoms with Crippen molar-refractivity contribution in [1.29, 1.82) is 0 Å². The van der Waals surface area contributed by atoms with Crippen LogP contribution in [0, 0.1) is 5.82 Å². The standard InChI is InChI=1S/C10H9ClFNO4/c11-6-3-5(1-2-7(6)12)9(15)13-8(4-14)10(16)17/h1-3,8,14H,4H2,(H,13,15)(H,16,17)/t8-/m1/s1. The molecule has 0 aliphatic heterocycles. The van der Waals surface area contributed by atoms with Gasteiger partial charge in [-0.3, -0.25) is 4.79 Å². The summed E-state index contributed by atoms with van der Waals surface area (Å²) in [5, 5.41) is 19.1. The number of hydrogen-bond donors (Lipinski definition) is 3.